The third-order valence-corrected chi connectivity index (χ3v) is 6.98. The van der Waals surface area contributed by atoms with Crippen LogP contribution in [0, 0.1) is 12.8 Å². The molecule has 7 nitrogen and oxygen atoms in total. The Morgan fingerprint density at radius 1 is 1.17 bits per heavy atom. The molecular formula is C28H41N3O4. The van der Waals surface area contributed by atoms with E-state index in [4.69, 9.17) is 15.2 Å². The monoisotopic (exact) mass is 483 g/mol. The number of carbonyl (C=O) groups excluding carboxylic acids is 1. The molecule has 1 fully saturated rings. The topological polar surface area (TPSA) is 88.3 Å². The van der Waals surface area contributed by atoms with Gasteiger partial charge < -0.3 is 30.1 Å². The number of nitrogens with zero attached hydrogens (tertiary/aromatic N) is 2. The Kier molecular flexibility index (Phi) is 9.95. The molecular weight excluding hydrogens is 442 g/mol. The van der Waals surface area contributed by atoms with Crippen LogP contribution in [0.4, 0.5) is 4.79 Å². The van der Waals surface area contributed by atoms with Crippen molar-refractivity contribution >= 4 is 6.03 Å². The average Bonchev–Trinajstić information content (AvgIpc) is 2.88. The number of ether oxygens (including phenoxy) is 2. The standard InChI is InChI=1S/C28H41N3O4/c1-22-11-4-6-14-25(22)35-26-15-7-5-13-24(26)28(33,16-8-9-20-34-3)23-12-10-18-31(21-23)27(32)30(2)19-17-29/h4-7,11,13-15,23,33H,8-10,12,16-21,29H2,1-3H3/t23?,28-/m0/s1. The molecule has 35 heavy (non-hydrogen) atoms. The maximum absolute atomic E-state index is 13.0. The number of rotatable bonds is 11. The Morgan fingerprint density at radius 2 is 1.89 bits per heavy atom. The van der Waals surface area contributed by atoms with Crippen molar-refractivity contribution in [2.24, 2.45) is 11.7 Å². The molecule has 3 N–H and O–H groups in total. The minimum absolute atomic E-state index is 0.0358. The molecule has 0 bridgehead atoms. The van der Waals surface area contributed by atoms with E-state index in [1.165, 1.54) is 0 Å². The summed E-state index contributed by atoms with van der Waals surface area (Å²) in [7, 11) is 3.47. The number of urea groups is 1. The summed E-state index contributed by atoms with van der Waals surface area (Å²) >= 11 is 0. The van der Waals surface area contributed by atoms with Crippen molar-refractivity contribution in [2.45, 2.75) is 44.6 Å². The Bertz CT molecular complexity index is 953. The van der Waals surface area contributed by atoms with Crippen LogP contribution in [0.2, 0.25) is 0 Å². The first kappa shape index (κ1) is 27.0. The zero-order valence-corrected chi connectivity index (χ0v) is 21.4. The maximum Gasteiger partial charge on any atom is 0.319 e. The molecule has 2 aromatic carbocycles. The number of hydrogen-bond donors (Lipinski definition) is 2. The number of amides is 2. The summed E-state index contributed by atoms with van der Waals surface area (Å²) in [6, 6.07) is 15.6. The number of likely N-dealkylation sites (tertiary alicyclic amines) is 1. The quantitative estimate of drug-likeness (QED) is 0.459. The molecule has 7 heteroatoms. The fourth-order valence-electron chi connectivity index (χ4n) is 4.97. The second kappa shape index (κ2) is 12.9. The van der Waals surface area contributed by atoms with E-state index in [2.05, 4.69) is 0 Å². The van der Waals surface area contributed by atoms with Crippen molar-refractivity contribution in [2.75, 3.05) is 46.9 Å². The van der Waals surface area contributed by atoms with E-state index in [-0.39, 0.29) is 11.9 Å². The van der Waals surface area contributed by atoms with Gasteiger partial charge in [0.25, 0.3) is 0 Å². The SMILES string of the molecule is COCCCC[C@@](O)(c1ccccc1Oc1ccccc1C)C1CCCN(C(=O)N(C)CCN)C1. The van der Waals surface area contributed by atoms with E-state index in [0.717, 1.165) is 42.6 Å². The Balaban J connectivity index is 1.92. The van der Waals surface area contributed by atoms with Gasteiger partial charge in [-0.2, -0.15) is 0 Å². The number of aryl methyl sites for hydroxylation is 1. The van der Waals surface area contributed by atoms with Gasteiger partial charge in [-0.3, -0.25) is 0 Å². The van der Waals surface area contributed by atoms with Gasteiger partial charge in [0, 0.05) is 58.4 Å². The third-order valence-electron chi connectivity index (χ3n) is 6.98. The number of methoxy groups -OCH3 is 1. The van der Waals surface area contributed by atoms with E-state index in [1.54, 1.807) is 19.1 Å². The molecule has 0 radical (unpaired) electrons. The predicted octanol–water partition coefficient (Wildman–Crippen LogP) is 4.51. The summed E-state index contributed by atoms with van der Waals surface area (Å²) in [6.45, 7) is 4.77. The number of nitrogens with two attached hydrogens (primary N) is 1. The van der Waals surface area contributed by atoms with Gasteiger partial charge in [-0.25, -0.2) is 4.79 Å². The lowest BCUT2D eigenvalue weighted by Gasteiger charge is -2.44. The first-order valence-corrected chi connectivity index (χ1v) is 12.6. The fraction of sp³-hybridized carbons (Fsp3) is 0.536. The van der Waals surface area contributed by atoms with Crippen molar-refractivity contribution in [3.05, 3.63) is 59.7 Å². The molecule has 0 aliphatic carbocycles. The molecule has 1 saturated heterocycles. The molecule has 1 unspecified atom stereocenters. The minimum Gasteiger partial charge on any atom is -0.457 e. The first-order chi connectivity index (χ1) is 16.9. The van der Waals surface area contributed by atoms with Gasteiger partial charge in [0.15, 0.2) is 0 Å². The van der Waals surface area contributed by atoms with Gasteiger partial charge in [-0.1, -0.05) is 36.4 Å². The van der Waals surface area contributed by atoms with Gasteiger partial charge >= 0.3 is 6.03 Å². The van der Waals surface area contributed by atoms with Crippen LogP contribution >= 0.6 is 0 Å². The van der Waals surface area contributed by atoms with E-state index >= 15 is 0 Å². The summed E-state index contributed by atoms with van der Waals surface area (Å²) in [5, 5.41) is 12.4. The lowest BCUT2D eigenvalue weighted by Crippen LogP contribution is -2.51. The largest absolute Gasteiger partial charge is 0.457 e. The van der Waals surface area contributed by atoms with Crippen LogP contribution in [-0.2, 0) is 10.3 Å². The lowest BCUT2D eigenvalue weighted by atomic mass is 9.73. The predicted molar refractivity (Wildman–Crippen MR) is 139 cm³/mol. The van der Waals surface area contributed by atoms with E-state index in [1.807, 2.05) is 60.4 Å². The molecule has 1 aliphatic rings. The summed E-state index contributed by atoms with van der Waals surface area (Å²) in [5.74, 6) is 1.31. The first-order valence-electron chi connectivity index (χ1n) is 12.6. The highest BCUT2D eigenvalue weighted by atomic mass is 16.5. The highest BCUT2D eigenvalue weighted by Crippen LogP contribution is 2.44. The second-order valence-corrected chi connectivity index (χ2v) is 9.52. The number of carbonyl (C=O) groups is 1. The normalized spacial score (nSPS) is 17.6. The van der Waals surface area contributed by atoms with Crippen molar-refractivity contribution in [3.8, 4) is 11.5 Å². The summed E-state index contributed by atoms with van der Waals surface area (Å²) in [4.78, 5) is 16.5. The molecule has 1 aliphatic heterocycles. The molecule has 0 spiro atoms. The van der Waals surface area contributed by atoms with Crippen LogP contribution in [0.15, 0.2) is 48.5 Å². The number of likely N-dealkylation sites (N-methyl/N-ethyl adjacent to an activating group) is 1. The van der Waals surface area contributed by atoms with Crippen LogP contribution in [0.25, 0.3) is 0 Å². The van der Waals surface area contributed by atoms with E-state index < -0.39 is 5.60 Å². The van der Waals surface area contributed by atoms with Crippen LogP contribution < -0.4 is 10.5 Å². The summed E-state index contributed by atoms with van der Waals surface area (Å²) in [6.07, 6.45) is 3.91. The van der Waals surface area contributed by atoms with Crippen LogP contribution in [-0.4, -0.2) is 67.9 Å². The molecule has 0 aromatic heterocycles. The van der Waals surface area contributed by atoms with Crippen molar-refractivity contribution < 1.29 is 19.4 Å². The van der Waals surface area contributed by atoms with Gasteiger partial charge in [-0.15, -0.1) is 0 Å². The van der Waals surface area contributed by atoms with Gasteiger partial charge in [0.1, 0.15) is 11.5 Å². The smallest absolute Gasteiger partial charge is 0.319 e. The molecule has 2 amide bonds. The molecule has 1 heterocycles. The Hall–Kier alpha value is -2.61. The number of piperidine rings is 1. The van der Waals surface area contributed by atoms with Gasteiger partial charge in [0.2, 0.25) is 0 Å². The number of unbranched alkanes of at least 4 members (excludes halogenated alkanes) is 1. The lowest BCUT2D eigenvalue weighted by molar-refractivity contribution is -0.0586. The van der Waals surface area contributed by atoms with E-state index in [9.17, 15) is 9.90 Å². The van der Waals surface area contributed by atoms with Gasteiger partial charge in [-0.05, 0) is 56.7 Å². The number of aliphatic hydroxyl groups is 1. The fourth-order valence-corrected chi connectivity index (χ4v) is 4.97. The molecule has 2 atom stereocenters. The Labute approximate surface area is 209 Å². The molecule has 0 saturated carbocycles. The maximum atomic E-state index is 13.0. The average molecular weight is 484 g/mol. The second-order valence-electron chi connectivity index (χ2n) is 9.52. The highest BCUT2D eigenvalue weighted by molar-refractivity contribution is 5.74. The van der Waals surface area contributed by atoms with Crippen molar-refractivity contribution in [1.82, 2.24) is 9.80 Å². The highest BCUT2D eigenvalue weighted by Gasteiger charge is 2.43. The zero-order valence-electron chi connectivity index (χ0n) is 21.4. The van der Waals surface area contributed by atoms with E-state index in [0.29, 0.717) is 45.0 Å². The molecule has 2 aromatic rings. The van der Waals surface area contributed by atoms with Crippen molar-refractivity contribution in [3.63, 3.8) is 0 Å². The number of para-hydroxylation sites is 2. The Morgan fingerprint density at radius 3 is 2.60 bits per heavy atom. The van der Waals surface area contributed by atoms with Gasteiger partial charge in [0.05, 0.1) is 5.60 Å². The minimum atomic E-state index is -1.14. The molecule has 3 rings (SSSR count). The summed E-state index contributed by atoms with van der Waals surface area (Å²) < 4.78 is 11.6. The zero-order chi connectivity index (χ0) is 25.3. The number of benzene rings is 2. The van der Waals surface area contributed by atoms with Crippen molar-refractivity contribution in [1.29, 1.82) is 0 Å². The number of hydrogen-bond acceptors (Lipinski definition) is 5. The molecule has 192 valence electrons. The summed E-state index contributed by atoms with van der Waals surface area (Å²) in [5.41, 5.74) is 6.33. The van der Waals surface area contributed by atoms with Crippen LogP contribution in [0.5, 0.6) is 11.5 Å². The third kappa shape index (κ3) is 6.75. The van der Waals surface area contributed by atoms with Crippen LogP contribution in [0.1, 0.15) is 43.2 Å². The van der Waals surface area contributed by atoms with Crippen LogP contribution in [0.3, 0.4) is 0 Å².